The molecule has 1 N–H and O–H groups in total. The Balaban J connectivity index is 0.000000556. The third-order valence-electron chi connectivity index (χ3n) is 4.69. The summed E-state index contributed by atoms with van der Waals surface area (Å²) in [6.07, 6.45) is 1.60. The summed E-state index contributed by atoms with van der Waals surface area (Å²) in [4.78, 5) is 25.0. The van der Waals surface area contributed by atoms with E-state index in [9.17, 15) is 18.4 Å². The van der Waals surface area contributed by atoms with E-state index in [0.29, 0.717) is 30.5 Å². The first kappa shape index (κ1) is 27.2. The van der Waals surface area contributed by atoms with Crippen molar-refractivity contribution >= 4 is 18.0 Å². The average Bonchev–Trinajstić information content (AvgIpc) is 2.87. The van der Waals surface area contributed by atoms with Crippen molar-refractivity contribution in [1.29, 1.82) is 0 Å². The minimum absolute atomic E-state index is 0.0293. The standard InChI is InChI=1S/C18H16F2N2O2.C5H12O.C2H6/c19-14-7-12(8-15(20)9-14)10-22-17-4-2-1-3-13(17)5-6-16(18(22)24)21-11-23;1-5(2,3)6-4;1-2/h1-4,7-9,11,16H,5-6,10H2,(H,21,23);1-4H3;1-2H3. The maximum Gasteiger partial charge on any atom is 0.249 e. The highest BCUT2D eigenvalue weighted by Gasteiger charge is 2.30. The second-order valence-corrected chi connectivity index (χ2v) is 8.02. The fraction of sp³-hybridized carbons (Fsp3) is 0.440. The predicted molar refractivity (Wildman–Crippen MR) is 123 cm³/mol. The fourth-order valence-corrected chi connectivity index (χ4v) is 3.00. The molecule has 176 valence electrons. The van der Waals surface area contributed by atoms with Crippen LogP contribution in [0.5, 0.6) is 0 Å². The Morgan fingerprint density at radius 3 is 2.22 bits per heavy atom. The molecule has 1 atom stereocenters. The summed E-state index contributed by atoms with van der Waals surface area (Å²) in [7, 11) is 1.71. The molecule has 7 heteroatoms. The molecule has 32 heavy (non-hydrogen) atoms. The van der Waals surface area contributed by atoms with Crippen LogP contribution in [0.25, 0.3) is 0 Å². The van der Waals surface area contributed by atoms with Gasteiger partial charge in [-0.3, -0.25) is 9.59 Å². The summed E-state index contributed by atoms with van der Waals surface area (Å²) in [6, 6.07) is 9.91. The maximum atomic E-state index is 13.5. The van der Waals surface area contributed by atoms with E-state index in [0.717, 1.165) is 11.6 Å². The quantitative estimate of drug-likeness (QED) is 0.669. The zero-order chi connectivity index (χ0) is 24.3. The summed E-state index contributed by atoms with van der Waals surface area (Å²) in [5.41, 5.74) is 2.04. The summed E-state index contributed by atoms with van der Waals surface area (Å²) in [5.74, 6) is -1.68. The van der Waals surface area contributed by atoms with Gasteiger partial charge >= 0.3 is 0 Å². The van der Waals surface area contributed by atoms with Crippen LogP contribution >= 0.6 is 0 Å². The third kappa shape index (κ3) is 8.38. The van der Waals surface area contributed by atoms with Crippen molar-refractivity contribution in [2.24, 2.45) is 0 Å². The molecule has 3 rings (SSSR count). The number of rotatable bonds is 4. The second-order valence-electron chi connectivity index (χ2n) is 8.02. The first-order chi connectivity index (χ1) is 15.1. The van der Waals surface area contributed by atoms with Gasteiger partial charge in [0.15, 0.2) is 0 Å². The summed E-state index contributed by atoms with van der Waals surface area (Å²) in [6.45, 7) is 10.1. The van der Waals surface area contributed by atoms with Crippen LogP contribution < -0.4 is 10.2 Å². The van der Waals surface area contributed by atoms with Gasteiger partial charge in [-0.25, -0.2) is 8.78 Å². The normalized spacial score (nSPS) is 15.3. The largest absolute Gasteiger partial charge is 0.379 e. The summed E-state index contributed by atoms with van der Waals surface area (Å²) < 4.78 is 31.8. The number of nitrogens with one attached hydrogen (secondary N) is 1. The van der Waals surface area contributed by atoms with E-state index in [2.05, 4.69) is 5.32 Å². The van der Waals surface area contributed by atoms with E-state index in [-0.39, 0.29) is 18.1 Å². The molecule has 2 aromatic rings. The van der Waals surface area contributed by atoms with Gasteiger partial charge in [0.2, 0.25) is 12.3 Å². The van der Waals surface area contributed by atoms with Crippen molar-refractivity contribution in [1.82, 2.24) is 5.32 Å². The molecule has 2 amide bonds. The van der Waals surface area contributed by atoms with Gasteiger partial charge in [0, 0.05) is 18.9 Å². The molecule has 0 radical (unpaired) electrons. The lowest BCUT2D eigenvalue weighted by molar-refractivity contribution is -0.123. The Bertz CT molecular complexity index is 861. The van der Waals surface area contributed by atoms with Gasteiger partial charge in [0.25, 0.3) is 0 Å². The molecular formula is C25H34F2N2O3. The molecule has 1 aliphatic rings. The van der Waals surface area contributed by atoms with Gasteiger partial charge in [0.05, 0.1) is 12.1 Å². The molecular weight excluding hydrogens is 414 g/mol. The van der Waals surface area contributed by atoms with Gasteiger partial charge in [-0.2, -0.15) is 0 Å². The van der Waals surface area contributed by atoms with Crippen LogP contribution in [0.4, 0.5) is 14.5 Å². The van der Waals surface area contributed by atoms with Gasteiger partial charge in [-0.1, -0.05) is 32.0 Å². The van der Waals surface area contributed by atoms with E-state index in [1.807, 2.05) is 46.8 Å². The van der Waals surface area contributed by atoms with E-state index < -0.39 is 17.7 Å². The fourth-order valence-electron chi connectivity index (χ4n) is 3.00. The van der Waals surface area contributed by atoms with Crippen molar-refractivity contribution in [2.45, 2.75) is 65.6 Å². The number of hydrogen-bond donors (Lipinski definition) is 1. The first-order valence-electron chi connectivity index (χ1n) is 10.7. The number of methoxy groups -OCH3 is 1. The molecule has 2 aromatic carbocycles. The van der Waals surface area contributed by atoms with E-state index in [1.54, 1.807) is 19.2 Å². The molecule has 0 saturated heterocycles. The zero-order valence-electron chi connectivity index (χ0n) is 19.7. The summed E-state index contributed by atoms with van der Waals surface area (Å²) >= 11 is 0. The zero-order valence-corrected chi connectivity index (χ0v) is 19.7. The highest BCUT2D eigenvalue weighted by atomic mass is 19.1. The highest BCUT2D eigenvalue weighted by molar-refractivity contribution is 5.99. The van der Waals surface area contributed by atoms with Crippen LogP contribution in [0, 0.1) is 11.6 Å². The van der Waals surface area contributed by atoms with Crippen LogP contribution in [0.1, 0.15) is 52.2 Å². The molecule has 1 heterocycles. The Labute approximate surface area is 189 Å². The molecule has 1 unspecified atom stereocenters. The number of halogens is 2. The van der Waals surface area contributed by atoms with Gasteiger partial charge < -0.3 is 15.0 Å². The molecule has 1 aliphatic heterocycles. The number of carbonyl (C=O) groups excluding carboxylic acids is 2. The lowest BCUT2D eigenvalue weighted by atomic mass is 10.1. The van der Waals surface area contributed by atoms with Crippen molar-refractivity contribution in [3.63, 3.8) is 0 Å². The number of carbonyl (C=O) groups is 2. The van der Waals surface area contributed by atoms with E-state index >= 15 is 0 Å². The first-order valence-corrected chi connectivity index (χ1v) is 10.7. The van der Waals surface area contributed by atoms with Crippen LogP contribution in [0.2, 0.25) is 0 Å². The van der Waals surface area contributed by atoms with Crippen LogP contribution in [0.3, 0.4) is 0 Å². The maximum absolute atomic E-state index is 13.5. The number of ether oxygens (including phenoxy) is 1. The molecule has 0 fully saturated rings. The molecule has 5 nitrogen and oxygen atoms in total. The minimum Gasteiger partial charge on any atom is -0.379 e. The van der Waals surface area contributed by atoms with Crippen molar-refractivity contribution in [3.05, 3.63) is 65.2 Å². The highest BCUT2D eigenvalue weighted by Crippen LogP contribution is 2.28. The third-order valence-corrected chi connectivity index (χ3v) is 4.69. The van der Waals surface area contributed by atoms with Crippen LogP contribution in [0.15, 0.2) is 42.5 Å². The summed E-state index contributed by atoms with van der Waals surface area (Å²) in [5, 5.41) is 2.53. The van der Waals surface area contributed by atoms with Gasteiger partial charge in [-0.15, -0.1) is 0 Å². The number of fused-ring (bicyclic) bond motifs is 1. The lowest BCUT2D eigenvalue weighted by Crippen LogP contribution is -2.45. The molecule has 0 spiro atoms. The van der Waals surface area contributed by atoms with E-state index in [4.69, 9.17) is 4.74 Å². The average molecular weight is 449 g/mol. The number of anilines is 1. The number of benzene rings is 2. The van der Waals surface area contributed by atoms with Crippen molar-refractivity contribution in [3.8, 4) is 0 Å². The Morgan fingerprint density at radius 1 is 1.12 bits per heavy atom. The monoisotopic (exact) mass is 448 g/mol. The minimum atomic E-state index is -0.692. The molecule has 0 aliphatic carbocycles. The molecule has 0 saturated carbocycles. The Kier molecular flexibility index (Phi) is 11.0. The SMILES string of the molecule is CC.COC(C)(C)C.O=CNC1CCc2ccccc2N(Cc2cc(F)cc(F)c2)C1=O. The van der Waals surface area contributed by atoms with Gasteiger partial charge in [0.1, 0.15) is 17.7 Å². The number of para-hydroxylation sites is 1. The number of nitrogens with zero attached hydrogens (tertiary/aromatic N) is 1. The number of amides is 2. The van der Waals surface area contributed by atoms with Crippen molar-refractivity contribution in [2.75, 3.05) is 12.0 Å². The number of aryl methyl sites for hydroxylation is 1. The Hall–Kier alpha value is -2.80. The molecule has 0 bridgehead atoms. The number of hydrogen-bond acceptors (Lipinski definition) is 3. The van der Waals surface area contributed by atoms with Gasteiger partial charge in [-0.05, 0) is 62.9 Å². The van der Waals surface area contributed by atoms with Crippen LogP contribution in [-0.2, 0) is 27.3 Å². The second kappa shape index (κ2) is 12.9. The topological polar surface area (TPSA) is 58.6 Å². The predicted octanol–water partition coefficient (Wildman–Crippen LogP) is 5.02. The van der Waals surface area contributed by atoms with E-state index in [1.165, 1.54) is 17.0 Å². The smallest absolute Gasteiger partial charge is 0.249 e. The van der Waals surface area contributed by atoms with Crippen molar-refractivity contribution < 1.29 is 23.1 Å². The van der Waals surface area contributed by atoms with Crippen LogP contribution in [-0.4, -0.2) is 31.1 Å². The molecule has 0 aromatic heterocycles. The Morgan fingerprint density at radius 2 is 1.69 bits per heavy atom. The lowest BCUT2D eigenvalue weighted by Gasteiger charge is -2.25.